The van der Waals surface area contributed by atoms with Gasteiger partial charge in [-0.25, -0.2) is 0 Å². The molecule has 106 valence electrons. The van der Waals surface area contributed by atoms with Crippen LogP contribution in [0.25, 0.3) is 0 Å². The highest BCUT2D eigenvalue weighted by molar-refractivity contribution is 6.31. The average Bonchev–Trinajstić information content (AvgIpc) is 2.39. The summed E-state index contributed by atoms with van der Waals surface area (Å²) in [6, 6.07) is 4.52. The second-order valence-electron chi connectivity index (χ2n) is 4.35. The van der Waals surface area contributed by atoms with Crippen LogP contribution >= 0.6 is 11.6 Å². The molecule has 0 aliphatic heterocycles. The molecular formula is C13H19ClN2O3. The molecule has 0 saturated carbocycles. The molecule has 19 heavy (non-hydrogen) atoms. The van der Waals surface area contributed by atoms with Crippen LogP contribution in [0.15, 0.2) is 18.2 Å². The van der Waals surface area contributed by atoms with E-state index in [9.17, 15) is 10.1 Å². The predicted molar refractivity (Wildman–Crippen MR) is 75.4 cm³/mol. The minimum Gasteiger partial charge on any atom is -0.396 e. The van der Waals surface area contributed by atoms with Crippen molar-refractivity contribution in [3.05, 3.63) is 38.9 Å². The molecule has 6 heteroatoms. The van der Waals surface area contributed by atoms with Gasteiger partial charge in [0.25, 0.3) is 5.69 Å². The summed E-state index contributed by atoms with van der Waals surface area (Å²) >= 11 is 5.98. The lowest BCUT2D eigenvalue weighted by Crippen LogP contribution is -2.15. The fraction of sp³-hybridized carbons (Fsp3) is 0.538. The quantitative estimate of drug-likeness (QED) is 0.416. The second-order valence-corrected chi connectivity index (χ2v) is 4.75. The number of nitro benzene ring substituents is 1. The maximum atomic E-state index is 10.6. The van der Waals surface area contributed by atoms with E-state index < -0.39 is 4.92 Å². The van der Waals surface area contributed by atoms with Gasteiger partial charge < -0.3 is 10.4 Å². The average molecular weight is 287 g/mol. The van der Waals surface area contributed by atoms with Crippen molar-refractivity contribution in [2.75, 3.05) is 13.2 Å². The number of benzene rings is 1. The molecule has 0 aromatic heterocycles. The first-order chi connectivity index (χ1) is 9.15. The Bertz CT molecular complexity index is 413. The third-order valence-electron chi connectivity index (χ3n) is 2.82. The van der Waals surface area contributed by atoms with Gasteiger partial charge in [-0.3, -0.25) is 10.1 Å². The van der Waals surface area contributed by atoms with Crippen molar-refractivity contribution in [3.8, 4) is 0 Å². The molecule has 0 fully saturated rings. The lowest BCUT2D eigenvalue weighted by Gasteiger charge is -2.06. The van der Waals surface area contributed by atoms with Gasteiger partial charge in [0, 0.05) is 25.3 Å². The zero-order valence-corrected chi connectivity index (χ0v) is 11.5. The molecule has 5 nitrogen and oxygen atoms in total. The molecular weight excluding hydrogens is 268 g/mol. The maximum Gasteiger partial charge on any atom is 0.270 e. The molecule has 1 rings (SSSR count). The number of nitrogens with zero attached hydrogens (tertiary/aromatic N) is 1. The molecule has 0 spiro atoms. The highest BCUT2D eigenvalue weighted by atomic mass is 35.5. The van der Waals surface area contributed by atoms with Gasteiger partial charge in [0.2, 0.25) is 0 Å². The van der Waals surface area contributed by atoms with Crippen molar-refractivity contribution < 1.29 is 10.0 Å². The van der Waals surface area contributed by atoms with Crippen LogP contribution in [0, 0.1) is 10.1 Å². The Balaban J connectivity index is 2.28. The predicted octanol–water partition coefficient (Wildman–Crippen LogP) is 2.89. The lowest BCUT2D eigenvalue weighted by molar-refractivity contribution is -0.384. The third kappa shape index (κ3) is 6.00. The van der Waals surface area contributed by atoms with Crippen LogP contribution in [0.3, 0.4) is 0 Å². The SMILES string of the molecule is O=[N+]([O-])c1ccc(CNCCCCCCO)c(Cl)c1. The van der Waals surface area contributed by atoms with Crippen molar-refractivity contribution in [3.63, 3.8) is 0 Å². The van der Waals surface area contributed by atoms with Crippen LogP contribution < -0.4 is 5.32 Å². The van der Waals surface area contributed by atoms with Crippen LogP contribution in [-0.4, -0.2) is 23.2 Å². The molecule has 0 radical (unpaired) electrons. The van der Waals surface area contributed by atoms with E-state index in [2.05, 4.69) is 5.32 Å². The Labute approximate surface area is 117 Å². The van der Waals surface area contributed by atoms with Crippen LogP contribution in [0.4, 0.5) is 5.69 Å². The van der Waals surface area contributed by atoms with E-state index in [-0.39, 0.29) is 12.3 Å². The topological polar surface area (TPSA) is 75.4 Å². The molecule has 0 atom stereocenters. The monoisotopic (exact) mass is 286 g/mol. The van der Waals surface area contributed by atoms with Gasteiger partial charge in [0.15, 0.2) is 0 Å². The fourth-order valence-corrected chi connectivity index (χ4v) is 1.97. The summed E-state index contributed by atoms with van der Waals surface area (Å²) in [5, 5.41) is 22.9. The molecule has 0 unspecified atom stereocenters. The minimum atomic E-state index is -0.454. The Morgan fingerprint density at radius 1 is 1.26 bits per heavy atom. The number of halogens is 1. The van der Waals surface area contributed by atoms with Gasteiger partial charge >= 0.3 is 0 Å². The van der Waals surface area contributed by atoms with E-state index >= 15 is 0 Å². The number of hydrogen-bond acceptors (Lipinski definition) is 4. The zero-order valence-electron chi connectivity index (χ0n) is 10.8. The summed E-state index contributed by atoms with van der Waals surface area (Å²) in [5.41, 5.74) is 0.875. The Kier molecular flexibility index (Phi) is 7.40. The van der Waals surface area contributed by atoms with Crippen LogP contribution in [0.1, 0.15) is 31.2 Å². The largest absolute Gasteiger partial charge is 0.396 e. The maximum absolute atomic E-state index is 10.6. The lowest BCUT2D eigenvalue weighted by atomic mass is 10.2. The highest BCUT2D eigenvalue weighted by Crippen LogP contribution is 2.22. The number of aliphatic hydroxyl groups excluding tert-OH is 1. The first-order valence-electron chi connectivity index (χ1n) is 6.39. The first-order valence-corrected chi connectivity index (χ1v) is 6.77. The molecule has 0 amide bonds. The van der Waals surface area contributed by atoms with Gasteiger partial charge in [-0.2, -0.15) is 0 Å². The minimum absolute atomic E-state index is 0.0118. The molecule has 0 aliphatic carbocycles. The zero-order chi connectivity index (χ0) is 14.1. The summed E-state index contributed by atoms with van der Waals surface area (Å²) in [4.78, 5) is 10.1. The van der Waals surface area contributed by atoms with Crippen LogP contribution in [0.5, 0.6) is 0 Å². The van der Waals surface area contributed by atoms with Gasteiger partial charge in [0.05, 0.1) is 9.95 Å². The number of nitrogens with one attached hydrogen (secondary N) is 1. The number of non-ortho nitro benzene ring substituents is 1. The summed E-state index contributed by atoms with van der Waals surface area (Å²) in [6.45, 7) is 1.74. The molecule has 0 bridgehead atoms. The van der Waals surface area contributed by atoms with Crippen molar-refractivity contribution in [1.29, 1.82) is 0 Å². The Hall–Kier alpha value is -1.17. The van der Waals surface area contributed by atoms with Crippen molar-refractivity contribution in [2.45, 2.75) is 32.2 Å². The summed E-state index contributed by atoms with van der Waals surface area (Å²) < 4.78 is 0. The highest BCUT2D eigenvalue weighted by Gasteiger charge is 2.08. The summed E-state index contributed by atoms with van der Waals surface area (Å²) in [5.74, 6) is 0. The number of aliphatic hydroxyl groups is 1. The second kappa shape index (κ2) is 8.85. The van der Waals surface area contributed by atoms with E-state index in [1.54, 1.807) is 6.07 Å². The number of unbranched alkanes of at least 4 members (excludes halogenated alkanes) is 3. The van der Waals surface area contributed by atoms with Gasteiger partial charge in [-0.15, -0.1) is 0 Å². The summed E-state index contributed by atoms with van der Waals surface area (Å²) in [7, 11) is 0. The smallest absolute Gasteiger partial charge is 0.270 e. The first kappa shape index (κ1) is 15.9. The molecule has 1 aromatic rings. The molecule has 0 aliphatic rings. The van der Waals surface area contributed by atoms with Crippen molar-refractivity contribution in [1.82, 2.24) is 5.32 Å². The number of nitro groups is 1. The van der Waals surface area contributed by atoms with E-state index in [1.807, 2.05) is 0 Å². The Morgan fingerprint density at radius 3 is 2.63 bits per heavy atom. The molecule has 2 N–H and O–H groups in total. The molecule has 0 saturated heterocycles. The number of hydrogen-bond donors (Lipinski definition) is 2. The number of rotatable bonds is 9. The van der Waals surface area contributed by atoms with Gasteiger partial charge in [0.1, 0.15) is 0 Å². The van der Waals surface area contributed by atoms with Crippen LogP contribution in [-0.2, 0) is 6.54 Å². The standard InChI is InChI=1S/C13H19ClN2O3/c14-13-9-12(16(18)19)6-5-11(13)10-15-7-3-1-2-4-8-17/h5-6,9,15,17H,1-4,7-8,10H2. The molecule has 0 heterocycles. The van der Waals surface area contributed by atoms with E-state index in [1.165, 1.54) is 12.1 Å². The van der Waals surface area contributed by atoms with Gasteiger partial charge in [-0.1, -0.05) is 24.4 Å². The van der Waals surface area contributed by atoms with Crippen LogP contribution in [0.2, 0.25) is 5.02 Å². The van der Waals surface area contributed by atoms with E-state index in [4.69, 9.17) is 16.7 Å². The van der Waals surface area contributed by atoms with E-state index in [0.29, 0.717) is 11.6 Å². The fourth-order valence-electron chi connectivity index (χ4n) is 1.73. The van der Waals surface area contributed by atoms with E-state index in [0.717, 1.165) is 37.8 Å². The third-order valence-corrected chi connectivity index (χ3v) is 3.18. The molecule has 1 aromatic carbocycles. The normalized spacial score (nSPS) is 10.6. The van der Waals surface area contributed by atoms with Crippen molar-refractivity contribution in [2.24, 2.45) is 0 Å². The summed E-state index contributed by atoms with van der Waals surface area (Å²) in [6.07, 6.45) is 4.02. The Morgan fingerprint density at radius 2 is 2.00 bits per heavy atom. The van der Waals surface area contributed by atoms with Gasteiger partial charge in [-0.05, 0) is 31.0 Å². The van der Waals surface area contributed by atoms with Crippen molar-refractivity contribution >= 4 is 17.3 Å².